The molecule has 0 radical (unpaired) electrons. The van der Waals surface area contributed by atoms with Crippen LogP contribution in [-0.4, -0.2) is 49.7 Å². The summed E-state index contributed by atoms with van der Waals surface area (Å²) in [6.07, 6.45) is -0.374. The van der Waals surface area contributed by atoms with Gasteiger partial charge in [0.1, 0.15) is 0 Å². The number of hydrogen-bond acceptors (Lipinski definition) is 7. The minimum atomic E-state index is -1.11. The molecule has 0 spiro atoms. The van der Waals surface area contributed by atoms with Crippen molar-refractivity contribution in [2.45, 2.75) is 19.0 Å². The maximum atomic E-state index is 12.5. The highest BCUT2D eigenvalue weighted by Crippen LogP contribution is 2.31. The van der Waals surface area contributed by atoms with E-state index in [4.69, 9.17) is 9.47 Å². The molecule has 0 saturated heterocycles. The van der Waals surface area contributed by atoms with Gasteiger partial charge in [0.25, 0.3) is 5.91 Å². The molecule has 1 atom stereocenters. The fourth-order valence-corrected chi connectivity index (χ4v) is 4.27. The Balaban J connectivity index is 1.52. The Morgan fingerprint density at radius 1 is 0.921 bits per heavy atom. The molecule has 2 aromatic carbocycles. The van der Waals surface area contributed by atoms with Gasteiger partial charge in [-0.15, -0.1) is 11.3 Å². The fourth-order valence-electron chi connectivity index (χ4n) is 3.45. The number of urea groups is 1. The molecule has 12 heteroatoms. The lowest BCUT2D eigenvalue weighted by molar-refractivity contribution is -0.137. The molecule has 0 aliphatic carbocycles. The Morgan fingerprint density at radius 2 is 1.66 bits per heavy atom. The van der Waals surface area contributed by atoms with Crippen LogP contribution in [0, 0.1) is 0 Å². The Hall–Kier alpha value is -4.58. The van der Waals surface area contributed by atoms with Crippen LogP contribution in [0.2, 0.25) is 0 Å². The Kier molecular flexibility index (Phi) is 10.1. The van der Waals surface area contributed by atoms with Gasteiger partial charge in [-0.1, -0.05) is 36.4 Å². The third-order valence-corrected chi connectivity index (χ3v) is 6.30. The maximum Gasteiger partial charge on any atom is 0.320 e. The molecular weight excluding hydrogens is 512 g/mol. The van der Waals surface area contributed by atoms with Gasteiger partial charge in [0.2, 0.25) is 5.91 Å². The van der Waals surface area contributed by atoms with E-state index in [1.165, 1.54) is 20.3 Å². The van der Waals surface area contributed by atoms with Crippen LogP contribution in [0.5, 0.6) is 11.5 Å². The molecule has 38 heavy (non-hydrogen) atoms. The summed E-state index contributed by atoms with van der Waals surface area (Å²) in [5.41, 5.74) is 1.45. The summed E-state index contributed by atoms with van der Waals surface area (Å²) in [4.78, 5) is 48.8. The zero-order valence-corrected chi connectivity index (χ0v) is 21.6. The normalized spacial score (nSPS) is 11.1. The van der Waals surface area contributed by atoms with Crippen LogP contribution >= 0.6 is 11.3 Å². The van der Waals surface area contributed by atoms with Crippen molar-refractivity contribution < 1.29 is 33.8 Å². The van der Waals surface area contributed by atoms with Crippen molar-refractivity contribution in [2.75, 3.05) is 26.1 Å². The number of nitrogens with one attached hydrogen (secondary N) is 4. The number of carbonyl (C=O) groups is 4. The van der Waals surface area contributed by atoms with E-state index in [-0.39, 0.29) is 17.8 Å². The van der Waals surface area contributed by atoms with E-state index in [2.05, 4.69) is 21.3 Å². The summed E-state index contributed by atoms with van der Waals surface area (Å²) in [6, 6.07) is 16.1. The summed E-state index contributed by atoms with van der Waals surface area (Å²) < 4.78 is 10.4. The lowest BCUT2D eigenvalue weighted by Crippen LogP contribution is -2.39. The molecule has 1 aromatic heterocycles. The van der Waals surface area contributed by atoms with Gasteiger partial charge in [-0.2, -0.15) is 0 Å². The van der Waals surface area contributed by atoms with Gasteiger partial charge < -0.3 is 30.5 Å². The molecule has 1 heterocycles. The molecule has 0 fully saturated rings. The first kappa shape index (κ1) is 28.0. The van der Waals surface area contributed by atoms with Crippen LogP contribution in [0.1, 0.15) is 33.3 Å². The van der Waals surface area contributed by atoms with Gasteiger partial charge in [-0.25, -0.2) is 4.79 Å². The van der Waals surface area contributed by atoms with E-state index in [1.54, 1.807) is 24.3 Å². The van der Waals surface area contributed by atoms with E-state index >= 15 is 0 Å². The summed E-state index contributed by atoms with van der Waals surface area (Å²) in [5, 5.41) is 20.3. The van der Waals surface area contributed by atoms with Gasteiger partial charge in [0.05, 0.1) is 43.1 Å². The number of ether oxygens (including phenoxy) is 2. The average molecular weight is 541 g/mol. The number of anilines is 1. The second-order valence-corrected chi connectivity index (χ2v) is 9.06. The molecule has 0 bridgehead atoms. The van der Waals surface area contributed by atoms with E-state index < -0.39 is 29.9 Å². The summed E-state index contributed by atoms with van der Waals surface area (Å²) in [6.45, 7) is -0.0207. The lowest BCUT2D eigenvalue weighted by Gasteiger charge is -2.19. The minimum Gasteiger partial charge on any atom is -0.493 e. The average Bonchev–Trinajstić information content (AvgIpc) is 3.38. The molecule has 1 unspecified atom stereocenters. The highest BCUT2D eigenvalue weighted by molar-refractivity contribution is 7.18. The summed E-state index contributed by atoms with van der Waals surface area (Å²) >= 11 is 1.05. The molecule has 4 amide bonds. The second kappa shape index (κ2) is 13.7. The monoisotopic (exact) mass is 540 g/mol. The Labute approximate surface area is 223 Å². The number of carboxylic acids is 1. The van der Waals surface area contributed by atoms with Crippen molar-refractivity contribution in [3.8, 4) is 11.5 Å². The molecular formula is C26H28N4O7S. The standard InChI is InChI=1S/C26H28N4O7S/c1-36-19-9-8-17(12-20(19)37-2)18(13-24(32)33)29-22(31)15-27-25(34)21-10-11-23(38-21)30-26(35)28-14-16-6-4-3-5-7-16/h3-12,18H,13-15H2,1-2H3,(H,27,34)(H,29,31)(H,32,33)(H2,28,30,35). The number of hydrogen-bond donors (Lipinski definition) is 5. The van der Waals surface area contributed by atoms with Gasteiger partial charge in [-0.3, -0.25) is 19.7 Å². The van der Waals surface area contributed by atoms with E-state index in [1.807, 2.05) is 30.3 Å². The number of benzene rings is 2. The van der Waals surface area contributed by atoms with Crippen molar-refractivity contribution in [2.24, 2.45) is 0 Å². The Morgan fingerprint density at radius 3 is 2.34 bits per heavy atom. The van der Waals surface area contributed by atoms with Crippen molar-refractivity contribution in [3.05, 3.63) is 76.7 Å². The predicted octanol–water partition coefficient (Wildman–Crippen LogP) is 3.15. The first-order valence-electron chi connectivity index (χ1n) is 11.5. The lowest BCUT2D eigenvalue weighted by atomic mass is 10.0. The van der Waals surface area contributed by atoms with Crippen LogP contribution in [0.15, 0.2) is 60.7 Å². The zero-order chi connectivity index (χ0) is 27.5. The van der Waals surface area contributed by atoms with Crippen LogP contribution in [0.3, 0.4) is 0 Å². The smallest absolute Gasteiger partial charge is 0.320 e. The number of carboxylic acid groups (broad SMARTS) is 1. The fraction of sp³-hybridized carbons (Fsp3) is 0.231. The summed E-state index contributed by atoms with van der Waals surface area (Å²) in [5.74, 6) is -1.35. The first-order valence-corrected chi connectivity index (χ1v) is 12.3. The topological polar surface area (TPSA) is 155 Å². The molecule has 0 aliphatic rings. The van der Waals surface area contributed by atoms with Gasteiger partial charge in [0, 0.05) is 6.54 Å². The highest BCUT2D eigenvalue weighted by atomic mass is 32.1. The number of rotatable bonds is 12. The van der Waals surface area contributed by atoms with Crippen molar-refractivity contribution in [1.29, 1.82) is 0 Å². The predicted molar refractivity (Wildman–Crippen MR) is 142 cm³/mol. The molecule has 3 aromatic rings. The van der Waals surface area contributed by atoms with Gasteiger partial charge in [-0.05, 0) is 35.4 Å². The van der Waals surface area contributed by atoms with E-state index in [9.17, 15) is 24.3 Å². The number of thiophene rings is 1. The summed E-state index contributed by atoms with van der Waals surface area (Å²) in [7, 11) is 2.93. The molecule has 0 aliphatic heterocycles. The molecule has 11 nitrogen and oxygen atoms in total. The number of aliphatic carboxylic acids is 1. The van der Waals surface area contributed by atoms with Crippen molar-refractivity contribution in [3.63, 3.8) is 0 Å². The second-order valence-electron chi connectivity index (χ2n) is 7.97. The molecule has 0 saturated carbocycles. The SMILES string of the molecule is COc1ccc(C(CC(=O)O)NC(=O)CNC(=O)c2ccc(NC(=O)NCc3ccccc3)s2)cc1OC. The number of amides is 4. The van der Waals surface area contributed by atoms with Crippen LogP contribution in [-0.2, 0) is 16.1 Å². The molecule has 200 valence electrons. The largest absolute Gasteiger partial charge is 0.493 e. The molecule has 5 N–H and O–H groups in total. The third kappa shape index (κ3) is 8.23. The van der Waals surface area contributed by atoms with Crippen LogP contribution < -0.4 is 30.7 Å². The highest BCUT2D eigenvalue weighted by Gasteiger charge is 2.21. The third-order valence-electron chi connectivity index (χ3n) is 5.30. The molecule has 3 rings (SSSR count). The minimum absolute atomic E-state index is 0.290. The maximum absolute atomic E-state index is 12.5. The van der Waals surface area contributed by atoms with Gasteiger partial charge >= 0.3 is 12.0 Å². The van der Waals surface area contributed by atoms with E-state index in [0.717, 1.165) is 16.9 Å². The van der Waals surface area contributed by atoms with Crippen LogP contribution in [0.25, 0.3) is 0 Å². The first-order chi connectivity index (χ1) is 18.3. The number of methoxy groups -OCH3 is 2. The zero-order valence-electron chi connectivity index (χ0n) is 20.8. The van der Waals surface area contributed by atoms with Gasteiger partial charge in [0.15, 0.2) is 11.5 Å². The van der Waals surface area contributed by atoms with Crippen molar-refractivity contribution >= 4 is 40.2 Å². The Bertz CT molecular complexity index is 1280. The van der Waals surface area contributed by atoms with Crippen LogP contribution in [0.4, 0.5) is 9.80 Å². The van der Waals surface area contributed by atoms with Crippen molar-refractivity contribution in [1.82, 2.24) is 16.0 Å². The van der Waals surface area contributed by atoms with E-state index in [0.29, 0.717) is 28.6 Å². The number of carbonyl (C=O) groups excluding carboxylic acids is 3. The quantitative estimate of drug-likeness (QED) is 0.236.